The van der Waals surface area contributed by atoms with Crippen LogP contribution in [0.25, 0.3) is 0 Å². The number of hydrogen-bond acceptors (Lipinski definition) is 5. The standard InChI is InChI=1S/C13H16ClN5O2/c14-12-6-9(2-3-11(12)13(15)21)16-7-10-8-19(18-17-10)4-1-5-20/h2-3,6,8,16,20H,1,4-5,7H2,(H2,15,21). The molecule has 0 radical (unpaired) electrons. The molecule has 1 amide bonds. The molecular formula is C13H16ClN5O2. The van der Waals surface area contributed by atoms with Gasteiger partial charge in [-0.3, -0.25) is 9.48 Å². The minimum Gasteiger partial charge on any atom is -0.396 e. The Hall–Kier alpha value is -2.12. The minimum atomic E-state index is -0.557. The van der Waals surface area contributed by atoms with Crippen molar-refractivity contribution < 1.29 is 9.90 Å². The number of carbonyl (C=O) groups is 1. The van der Waals surface area contributed by atoms with Gasteiger partial charge in [0, 0.05) is 18.8 Å². The van der Waals surface area contributed by atoms with Crippen LogP contribution in [0.4, 0.5) is 5.69 Å². The number of rotatable bonds is 7. The molecule has 0 saturated heterocycles. The highest BCUT2D eigenvalue weighted by molar-refractivity contribution is 6.34. The molecule has 1 aromatic carbocycles. The van der Waals surface area contributed by atoms with Gasteiger partial charge in [0.05, 0.1) is 23.3 Å². The van der Waals surface area contributed by atoms with Crippen molar-refractivity contribution in [3.05, 3.63) is 40.7 Å². The molecule has 0 saturated carbocycles. The summed E-state index contributed by atoms with van der Waals surface area (Å²) in [6.45, 7) is 1.23. The Bertz CT molecular complexity index is 629. The monoisotopic (exact) mass is 309 g/mol. The van der Waals surface area contributed by atoms with Crippen LogP contribution in [0.2, 0.25) is 5.02 Å². The van der Waals surface area contributed by atoms with Gasteiger partial charge in [-0.1, -0.05) is 16.8 Å². The first-order chi connectivity index (χ1) is 10.1. The Labute approximate surface area is 126 Å². The van der Waals surface area contributed by atoms with Gasteiger partial charge in [-0.05, 0) is 24.6 Å². The number of anilines is 1. The van der Waals surface area contributed by atoms with Gasteiger partial charge in [0.25, 0.3) is 0 Å². The average molecular weight is 310 g/mol. The lowest BCUT2D eigenvalue weighted by atomic mass is 10.2. The summed E-state index contributed by atoms with van der Waals surface area (Å²) in [6.07, 6.45) is 2.45. The third kappa shape index (κ3) is 4.17. The molecule has 4 N–H and O–H groups in total. The van der Waals surface area contributed by atoms with Crippen molar-refractivity contribution in [2.45, 2.75) is 19.5 Å². The van der Waals surface area contributed by atoms with E-state index in [2.05, 4.69) is 15.6 Å². The fraction of sp³-hybridized carbons (Fsp3) is 0.308. The highest BCUT2D eigenvalue weighted by Gasteiger charge is 2.07. The summed E-state index contributed by atoms with van der Waals surface area (Å²) < 4.78 is 1.68. The fourth-order valence-electron chi connectivity index (χ4n) is 1.78. The van der Waals surface area contributed by atoms with E-state index in [4.69, 9.17) is 22.4 Å². The Kier molecular flexibility index (Phi) is 5.13. The van der Waals surface area contributed by atoms with Crippen LogP contribution in [-0.2, 0) is 13.1 Å². The number of amides is 1. The number of carbonyl (C=O) groups excluding carboxylic acids is 1. The highest BCUT2D eigenvalue weighted by atomic mass is 35.5. The summed E-state index contributed by atoms with van der Waals surface area (Å²) in [7, 11) is 0. The SMILES string of the molecule is NC(=O)c1ccc(NCc2cn(CCCO)nn2)cc1Cl. The largest absolute Gasteiger partial charge is 0.396 e. The first kappa shape index (κ1) is 15.3. The summed E-state index contributed by atoms with van der Waals surface area (Å²) in [6, 6.07) is 4.94. The van der Waals surface area contributed by atoms with Gasteiger partial charge in [-0.15, -0.1) is 5.10 Å². The van der Waals surface area contributed by atoms with Gasteiger partial charge in [-0.25, -0.2) is 0 Å². The molecule has 0 aliphatic carbocycles. The van der Waals surface area contributed by atoms with Gasteiger partial charge in [0.2, 0.25) is 5.91 Å². The summed E-state index contributed by atoms with van der Waals surface area (Å²) in [5, 5.41) is 20.2. The molecular weight excluding hydrogens is 294 g/mol. The first-order valence-corrected chi connectivity index (χ1v) is 6.81. The second kappa shape index (κ2) is 7.05. The molecule has 0 spiro atoms. The number of primary amides is 1. The summed E-state index contributed by atoms with van der Waals surface area (Å²) in [5.74, 6) is -0.557. The number of nitrogens with two attached hydrogens (primary N) is 1. The number of aryl methyl sites for hydroxylation is 1. The van der Waals surface area contributed by atoms with E-state index in [0.29, 0.717) is 24.5 Å². The lowest BCUT2D eigenvalue weighted by Crippen LogP contribution is -2.11. The molecule has 0 aliphatic rings. The van der Waals surface area contributed by atoms with Crippen LogP contribution in [0, 0.1) is 0 Å². The van der Waals surface area contributed by atoms with E-state index in [1.807, 2.05) is 6.20 Å². The van der Waals surface area contributed by atoms with Crippen LogP contribution < -0.4 is 11.1 Å². The van der Waals surface area contributed by atoms with Crippen molar-refractivity contribution in [3.63, 3.8) is 0 Å². The Morgan fingerprint density at radius 3 is 2.95 bits per heavy atom. The summed E-state index contributed by atoms with van der Waals surface area (Å²) >= 11 is 5.97. The maximum Gasteiger partial charge on any atom is 0.250 e. The summed E-state index contributed by atoms with van der Waals surface area (Å²) in [5.41, 5.74) is 7.00. The number of aromatic nitrogens is 3. The third-order valence-corrected chi connectivity index (χ3v) is 3.15. The zero-order valence-corrected chi connectivity index (χ0v) is 12.0. The summed E-state index contributed by atoms with van der Waals surface area (Å²) in [4.78, 5) is 11.1. The van der Waals surface area contributed by atoms with E-state index >= 15 is 0 Å². The third-order valence-electron chi connectivity index (χ3n) is 2.84. The van der Waals surface area contributed by atoms with Crippen molar-refractivity contribution in [3.8, 4) is 0 Å². The molecule has 21 heavy (non-hydrogen) atoms. The van der Waals surface area contributed by atoms with E-state index in [1.54, 1.807) is 22.9 Å². The smallest absolute Gasteiger partial charge is 0.250 e. The second-order valence-electron chi connectivity index (χ2n) is 4.46. The van der Waals surface area contributed by atoms with Crippen LogP contribution in [-0.4, -0.2) is 32.6 Å². The molecule has 0 atom stereocenters. The van der Waals surface area contributed by atoms with Crippen molar-refractivity contribution in [2.75, 3.05) is 11.9 Å². The number of aliphatic hydroxyl groups is 1. The van der Waals surface area contributed by atoms with Crippen molar-refractivity contribution >= 4 is 23.2 Å². The normalized spacial score (nSPS) is 10.6. The maximum absolute atomic E-state index is 11.1. The quantitative estimate of drug-likeness (QED) is 0.708. The molecule has 1 aromatic heterocycles. The van der Waals surface area contributed by atoms with Crippen molar-refractivity contribution in [2.24, 2.45) is 5.73 Å². The maximum atomic E-state index is 11.1. The van der Waals surface area contributed by atoms with Crippen LogP contribution >= 0.6 is 11.6 Å². The Morgan fingerprint density at radius 2 is 2.29 bits per heavy atom. The molecule has 0 fully saturated rings. The number of hydrogen-bond donors (Lipinski definition) is 3. The predicted molar refractivity (Wildman–Crippen MR) is 79.0 cm³/mol. The predicted octanol–water partition coefficient (Wildman–Crippen LogP) is 1.02. The molecule has 112 valence electrons. The fourth-order valence-corrected chi connectivity index (χ4v) is 2.05. The van der Waals surface area contributed by atoms with Gasteiger partial charge in [0.15, 0.2) is 0 Å². The van der Waals surface area contributed by atoms with Gasteiger partial charge >= 0.3 is 0 Å². The minimum absolute atomic E-state index is 0.123. The van der Waals surface area contributed by atoms with E-state index < -0.39 is 5.91 Å². The van der Waals surface area contributed by atoms with Crippen LogP contribution in [0.3, 0.4) is 0 Å². The molecule has 0 bridgehead atoms. The van der Waals surface area contributed by atoms with Crippen LogP contribution in [0.1, 0.15) is 22.5 Å². The lowest BCUT2D eigenvalue weighted by Gasteiger charge is -2.06. The van der Waals surface area contributed by atoms with E-state index in [1.165, 1.54) is 0 Å². The second-order valence-corrected chi connectivity index (χ2v) is 4.87. The highest BCUT2D eigenvalue weighted by Crippen LogP contribution is 2.20. The number of benzene rings is 1. The molecule has 0 unspecified atom stereocenters. The van der Waals surface area contributed by atoms with E-state index in [0.717, 1.165) is 11.4 Å². The zero-order chi connectivity index (χ0) is 15.2. The number of nitrogens with zero attached hydrogens (tertiary/aromatic N) is 3. The molecule has 1 heterocycles. The van der Waals surface area contributed by atoms with Crippen LogP contribution in [0.15, 0.2) is 24.4 Å². The average Bonchev–Trinajstić information content (AvgIpc) is 2.90. The molecule has 8 heteroatoms. The van der Waals surface area contributed by atoms with Crippen LogP contribution in [0.5, 0.6) is 0 Å². The molecule has 0 aliphatic heterocycles. The van der Waals surface area contributed by atoms with Gasteiger partial charge in [0.1, 0.15) is 5.69 Å². The number of nitrogens with one attached hydrogen (secondary N) is 1. The van der Waals surface area contributed by atoms with Gasteiger partial charge in [-0.2, -0.15) is 0 Å². The molecule has 2 rings (SSSR count). The number of aliphatic hydroxyl groups excluding tert-OH is 1. The number of halogens is 1. The van der Waals surface area contributed by atoms with E-state index in [-0.39, 0.29) is 12.2 Å². The van der Waals surface area contributed by atoms with Crippen molar-refractivity contribution in [1.82, 2.24) is 15.0 Å². The Balaban J connectivity index is 1.95. The molecule has 2 aromatic rings. The van der Waals surface area contributed by atoms with Crippen molar-refractivity contribution in [1.29, 1.82) is 0 Å². The molecule has 7 nitrogen and oxygen atoms in total. The van der Waals surface area contributed by atoms with E-state index in [9.17, 15) is 4.79 Å². The zero-order valence-electron chi connectivity index (χ0n) is 11.3. The topological polar surface area (TPSA) is 106 Å². The Morgan fingerprint density at radius 1 is 1.48 bits per heavy atom. The first-order valence-electron chi connectivity index (χ1n) is 6.43. The lowest BCUT2D eigenvalue weighted by molar-refractivity contribution is 0.100. The van der Waals surface area contributed by atoms with Gasteiger partial charge < -0.3 is 16.2 Å².